The van der Waals surface area contributed by atoms with Gasteiger partial charge in [-0.1, -0.05) is 313 Å². The standard InChI is InChI=1S/C67H122O6/c1-4-7-10-13-16-19-22-25-28-29-30-31-32-33-34-35-36-37-40-42-45-48-51-54-57-60-66(69)72-63-64(73-67(70)61-58-55-52-49-46-43-39-27-24-21-18-15-12-9-6-3)62-71-65(68)59-56-53-50-47-44-41-38-26-23-20-17-14-11-8-5-2/h9,12,18,21,27,39,46,49,64H,4-8,10-11,13-17,19-20,22-26,28-38,40-45,47-48,50-63H2,1-3H3/b12-9-,21-18-,39-27-,49-46-. The van der Waals surface area contributed by atoms with Crippen LogP contribution in [0.15, 0.2) is 48.6 Å². The Balaban J connectivity index is 4.27. The second-order valence-corrected chi connectivity index (χ2v) is 21.7. The summed E-state index contributed by atoms with van der Waals surface area (Å²) in [5.74, 6) is -0.905. The number of rotatable bonds is 59. The maximum atomic E-state index is 12.9. The van der Waals surface area contributed by atoms with Gasteiger partial charge in [-0.25, -0.2) is 0 Å². The Morgan fingerprint density at radius 1 is 0.288 bits per heavy atom. The number of allylic oxidation sites excluding steroid dienone is 8. The van der Waals surface area contributed by atoms with E-state index in [1.165, 1.54) is 218 Å². The first kappa shape index (κ1) is 70.4. The lowest BCUT2D eigenvalue weighted by Gasteiger charge is -2.18. The van der Waals surface area contributed by atoms with Gasteiger partial charge in [0.2, 0.25) is 0 Å². The molecule has 0 bridgehead atoms. The van der Waals surface area contributed by atoms with Gasteiger partial charge in [-0.3, -0.25) is 14.4 Å². The highest BCUT2D eigenvalue weighted by Gasteiger charge is 2.19. The number of carbonyl (C=O) groups is 3. The van der Waals surface area contributed by atoms with E-state index in [0.717, 1.165) is 77.0 Å². The zero-order valence-electron chi connectivity index (χ0n) is 48.9. The van der Waals surface area contributed by atoms with Crippen molar-refractivity contribution in [3.05, 3.63) is 48.6 Å². The highest BCUT2D eigenvalue weighted by molar-refractivity contribution is 5.71. The Bertz CT molecular complexity index is 1270. The lowest BCUT2D eigenvalue weighted by molar-refractivity contribution is -0.167. The minimum atomic E-state index is -0.792. The SMILES string of the molecule is CC/C=C\C/C=C\C/C=C\C/C=C\CCCCC(=O)OC(COC(=O)CCCCCCCCCCCCCCCCC)COC(=O)CCCCCCCCCCCCCCCCCCCCCCCCCCC. The van der Waals surface area contributed by atoms with Gasteiger partial charge in [0.1, 0.15) is 13.2 Å². The molecule has 426 valence electrons. The molecule has 0 saturated carbocycles. The van der Waals surface area contributed by atoms with Crippen LogP contribution in [0, 0.1) is 0 Å². The van der Waals surface area contributed by atoms with E-state index in [1.54, 1.807) is 0 Å². The summed E-state index contributed by atoms with van der Waals surface area (Å²) >= 11 is 0. The lowest BCUT2D eigenvalue weighted by Crippen LogP contribution is -2.30. The molecule has 0 aromatic heterocycles. The fourth-order valence-electron chi connectivity index (χ4n) is 9.56. The molecule has 6 heteroatoms. The summed E-state index contributed by atoms with van der Waals surface area (Å²) in [6.45, 7) is 6.55. The first-order valence-corrected chi connectivity index (χ1v) is 32.1. The van der Waals surface area contributed by atoms with Crippen LogP contribution in [0.25, 0.3) is 0 Å². The Kier molecular flexibility index (Phi) is 59.7. The molecule has 0 aliphatic carbocycles. The molecule has 0 radical (unpaired) electrons. The van der Waals surface area contributed by atoms with Gasteiger partial charge in [0.05, 0.1) is 0 Å². The van der Waals surface area contributed by atoms with Gasteiger partial charge in [0.15, 0.2) is 6.10 Å². The molecule has 0 saturated heterocycles. The summed E-state index contributed by atoms with van der Waals surface area (Å²) in [7, 11) is 0. The lowest BCUT2D eigenvalue weighted by atomic mass is 10.0. The van der Waals surface area contributed by atoms with Crippen molar-refractivity contribution in [2.24, 2.45) is 0 Å². The molecule has 0 aliphatic heterocycles. The van der Waals surface area contributed by atoms with Crippen molar-refractivity contribution in [3.63, 3.8) is 0 Å². The summed E-state index contributed by atoms with van der Waals surface area (Å²) < 4.78 is 16.9. The van der Waals surface area contributed by atoms with Crippen molar-refractivity contribution in [2.75, 3.05) is 13.2 Å². The highest BCUT2D eigenvalue weighted by atomic mass is 16.6. The predicted molar refractivity (Wildman–Crippen MR) is 316 cm³/mol. The number of hydrogen-bond acceptors (Lipinski definition) is 6. The van der Waals surface area contributed by atoms with Crippen molar-refractivity contribution in [1.82, 2.24) is 0 Å². The molecule has 0 rings (SSSR count). The number of unbranched alkanes of at least 4 members (excludes halogenated alkanes) is 40. The molecule has 73 heavy (non-hydrogen) atoms. The quantitative estimate of drug-likeness (QED) is 0.0261. The van der Waals surface area contributed by atoms with E-state index >= 15 is 0 Å². The monoisotopic (exact) mass is 1020 g/mol. The zero-order chi connectivity index (χ0) is 52.9. The van der Waals surface area contributed by atoms with E-state index in [2.05, 4.69) is 69.4 Å². The maximum absolute atomic E-state index is 12.9. The van der Waals surface area contributed by atoms with Gasteiger partial charge >= 0.3 is 17.9 Å². The summed E-state index contributed by atoms with van der Waals surface area (Å²) in [4.78, 5) is 38.2. The topological polar surface area (TPSA) is 78.9 Å². The smallest absolute Gasteiger partial charge is 0.306 e. The molecule has 0 aromatic carbocycles. The van der Waals surface area contributed by atoms with Crippen molar-refractivity contribution < 1.29 is 28.6 Å². The Hall–Kier alpha value is -2.63. The Labute approximate surface area is 454 Å². The van der Waals surface area contributed by atoms with E-state index in [9.17, 15) is 14.4 Å². The summed E-state index contributed by atoms with van der Waals surface area (Å²) in [6, 6.07) is 0. The third-order valence-electron chi connectivity index (χ3n) is 14.3. The fourth-order valence-corrected chi connectivity index (χ4v) is 9.56. The number of ether oxygens (including phenoxy) is 3. The van der Waals surface area contributed by atoms with Crippen molar-refractivity contribution in [1.29, 1.82) is 0 Å². The normalized spacial score (nSPS) is 12.3. The summed E-state index contributed by atoms with van der Waals surface area (Å²) in [6.07, 6.45) is 77.0. The first-order chi connectivity index (χ1) is 36.0. The van der Waals surface area contributed by atoms with Crippen LogP contribution in [0.1, 0.15) is 342 Å². The molecule has 0 aromatic rings. The van der Waals surface area contributed by atoms with E-state index in [1.807, 2.05) is 0 Å². The van der Waals surface area contributed by atoms with Crippen LogP contribution in [0.5, 0.6) is 0 Å². The minimum Gasteiger partial charge on any atom is -0.462 e. The third-order valence-corrected chi connectivity index (χ3v) is 14.3. The average Bonchev–Trinajstić information content (AvgIpc) is 3.39. The molecule has 0 N–H and O–H groups in total. The number of hydrogen-bond donors (Lipinski definition) is 0. The molecule has 0 heterocycles. The van der Waals surface area contributed by atoms with Gasteiger partial charge in [0.25, 0.3) is 0 Å². The zero-order valence-corrected chi connectivity index (χ0v) is 48.9. The van der Waals surface area contributed by atoms with E-state index in [-0.39, 0.29) is 37.5 Å². The second-order valence-electron chi connectivity index (χ2n) is 21.7. The molecule has 1 atom stereocenters. The van der Waals surface area contributed by atoms with Gasteiger partial charge in [-0.2, -0.15) is 0 Å². The van der Waals surface area contributed by atoms with Crippen LogP contribution in [-0.2, 0) is 28.6 Å². The van der Waals surface area contributed by atoms with E-state index in [0.29, 0.717) is 19.3 Å². The van der Waals surface area contributed by atoms with E-state index in [4.69, 9.17) is 14.2 Å². The third kappa shape index (κ3) is 60.1. The molecule has 6 nitrogen and oxygen atoms in total. The molecular formula is C67H122O6. The van der Waals surface area contributed by atoms with Gasteiger partial charge < -0.3 is 14.2 Å². The molecule has 0 amide bonds. The summed E-state index contributed by atoms with van der Waals surface area (Å²) in [5, 5.41) is 0. The molecule has 0 aliphatic rings. The number of esters is 3. The molecule has 1 unspecified atom stereocenters. The van der Waals surface area contributed by atoms with Crippen molar-refractivity contribution >= 4 is 17.9 Å². The van der Waals surface area contributed by atoms with Gasteiger partial charge in [-0.05, 0) is 57.8 Å². The molecular weight excluding hydrogens is 901 g/mol. The largest absolute Gasteiger partial charge is 0.462 e. The van der Waals surface area contributed by atoms with E-state index < -0.39 is 6.10 Å². The van der Waals surface area contributed by atoms with Crippen LogP contribution >= 0.6 is 0 Å². The van der Waals surface area contributed by atoms with Crippen molar-refractivity contribution in [3.8, 4) is 0 Å². The van der Waals surface area contributed by atoms with Gasteiger partial charge in [-0.15, -0.1) is 0 Å². The summed E-state index contributed by atoms with van der Waals surface area (Å²) in [5.41, 5.74) is 0. The second kappa shape index (κ2) is 61.9. The Morgan fingerprint density at radius 3 is 0.836 bits per heavy atom. The van der Waals surface area contributed by atoms with Crippen LogP contribution in [0.2, 0.25) is 0 Å². The minimum absolute atomic E-state index is 0.0851. The average molecular weight is 1020 g/mol. The molecule has 0 spiro atoms. The first-order valence-electron chi connectivity index (χ1n) is 32.1. The van der Waals surface area contributed by atoms with Crippen LogP contribution in [0.4, 0.5) is 0 Å². The van der Waals surface area contributed by atoms with Crippen LogP contribution in [-0.4, -0.2) is 37.2 Å². The fraction of sp³-hybridized carbons (Fsp3) is 0.836. The highest BCUT2D eigenvalue weighted by Crippen LogP contribution is 2.18. The van der Waals surface area contributed by atoms with Crippen molar-refractivity contribution in [2.45, 2.75) is 348 Å². The predicted octanol–water partition coefficient (Wildman–Crippen LogP) is 21.8. The van der Waals surface area contributed by atoms with Crippen LogP contribution < -0.4 is 0 Å². The maximum Gasteiger partial charge on any atom is 0.306 e. The number of carbonyl (C=O) groups excluding carboxylic acids is 3. The van der Waals surface area contributed by atoms with Crippen LogP contribution in [0.3, 0.4) is 0 Å². The van der Waals surface area contributed by atoms with Gasteiger partial charge in [0, 0.05) is 19.3 Å². The molecule has 0 fully saturated rings. The Morgan fingerprint density at radius 2 is 0.534 bits per heavy atom.